The van der Waals surface area contributed by atoms with Crippen LogP contribution in [-0.4, -0.2) is 21.2 Å². The van der Waals surface area contributed by atoms with Gasteiger partial charge in [-0.25, -0.2) is 0 Å². The second-order valence-electron chi connectivity index (χ2n) is 4.29. The molecule has 0 bridgehead atoms. The molecule has 1 aromatic heterocycles. The molecule has 0 spiro atoms. The lowest BCUT2D eigenvalue weighted by Crippen LogP contribution is -2.17. The summed E-state index contributed by atoms with van der Waals surface area (Å²) < 4.78 is 41.4. The van der Waals surface area contributed by atoms with Crippen molar-refractivity contribution in [2.75, 3.05) is 0 Å². The summed E-state index contributed by atoms with van der Waals surface area (Å²) in [5.41, 5.74) is 0.488. The van der Waals surface area contributed by atoms with Crippen molar-refractivity contribution in [3.8, 4) is 5.75 Å². The largest absolute Gasteiger partial charge is 0.573 e. The van der Waals surface area contributed by atoms with Crippen molar-refractivity contribution in [3.63, 3.8) is 0 Å². The fraction of sp³-hybridized carbons (Fsp3) is 0.308. The Kier molecular flexibility index (Phi) is 3.99. The molecule has 0 radical (unpaired) electrons. The quantitative estimate of drug-likeness (QED) is 0.939. The molecule has 0 saturated heterocycles. The van der Waals surface area contributed by atoms with E-state index in [-0.39, 0.29) is 11.8 Å². The second kappa shape index (κ2) is 5.54. The summed E-state index contributed by atoms with van der Waals surface area (Å²) in [7, 11) is 0. The number of halogens is 3. The van der Waals surface area contributed by atoms with E-state index in [4.69, 9.17) is 0 Å². The topological polar surface area (TPSA) is 47.3 Å². The summed E-state index contributed by atoms with van der Waals surface area (Å²) >= 11 is 0. The Labute approximate surface area is 113 Å². The first-order valence-electron chi connectivity index (χ1n) is 5.90. The average molecular weight is 286 g/mol. The molecule has 2 unspecified atom stereocenters. The van der Waals surface area contributed by atoms with Gasteiger partial charge in [0.05, 0.1) is 6.04 Å². The Morgan fingerprint density at radius 3 is 2.40 bits per heavy atom. The van der Waals surface area contributed by atoms with Crippen LogP contribution in [0.15, 0.2) is 42.7 Å². The van der Waals surface area contributed by atoms with E-state index >= 15 is 0 Å². The second-order valence-corrected chi connectivity index (χ2v) is 4.29. The zero-order valence-corrected chi connectivity index (χ0v) is 10.6. The molecule has 0 aliphatic heterocycles. The molecule has 0 aliphatic rings. The van der Waals surface area contributed by atoms with Crippen molar-refractivity contribution in [3.05, 3.63) is 48.3 Å². The number of rotatable bonds is 4. The van der Waals surface area contributed by atoms with Crippen molar-refractivity contribution < 1.29 is 23.0 Å². The Bertz CT molecular complexity index is 538. The van der Waals surface area contributed by atoms with Gasteiger partial charge < -0.3 is 9.84 Å². The van der Waals surface area contributed by atoms with Crippen molar-refractivity contribution in [2.24, 2.45) is 0 Å². The Hall–Kier alpha value is -2.02. The standard InChI is InChI=1S/C13H13F3N2O2/c1-9(18-8-2-7-17-18)12(19)10-3-5-11(6-4-10)20-13(14,15)16/h2-9,12,19H,1H3. The minimum absolute atomic E-state index is 0.319. The monoisotopic (exact) mass is 286 g/mol. The van der Waals surface area contributed by atoms with Crippen LogP contribution in [0, 0.1) is 0 Å². The van der Waals surface area contributed by atoms with Gasteiger partial charge in [0.25, 0.3) is 0 Å². The predicted octanol–water partition coefficient (Wildman–Crippen LogP) is 3.08. The van der Waals surface area contributed by atoms with E-state index in [1.54, 1.807) is 30.1 Å². The molecule has 2 atom stereocenters. The summed E-state index contributed by atoms with van der Waals surface area (Å²) in [6.45, 7) is 1.76. The molecule has 1 N–H and O–H groups in total. The van der Waals surface area contributed by atoms with Gasteiger partial charge in [0.1, 0.15) is 11.9 Å². The van der Waals surface area contributed by atoms with Gasteiger partial charge >= 0.3 is 6.36 Å². The lowest BCUT2D eigenvalue weighted by Gasteiger charge is -2.20. The van der Waals surface area contributed by atoms with Crippen LogP contribution in [0.1, 0.15) is 24.6 Å². The molecule has 20 heavy (non-hydrogen) atoms. The first-order valence-corrected chi connectivity index (χ1v) is 5.90. The maximum absolute atomic E-state index is 12.0. The highest BCUT2D eigenvalue weighted by molar-refractivity contribution is 5.29. The van der Waals surface area contributed by atoms with Gasteiger partial charge in [-0.1, -0.05) is 12.1 Å². The zero-order chi connectivity index (χ0) is 14.8. The highest BCUT2D eigenvalue weighted by atomic mass is 19.4. The van der Waals surface area contributed by atoms with E-state index in [0.717, 1.165) is 0 Å². The van der Waals surface area contributed by atoms with Crippen LogP contribution in [0.5, 0.6) is 5.75 Å². The minimum Gasteiger partial charge on any atom is -0.406 e. The maximum Gasteiger partial charge on any atom is 0.573 e. The Morgan fingerprint density at radius 1 is 1.25 bits per heavy atom. The minimum atomic E-state index is -4.72. The van der Waals surface area contributed by atoms with Gasteiger partial charge in [-0.05, 0) is 30.7 Å². The van der Waals surface area contributed by atoms with Crippen molar-refractivity contribution >= 4 is 0 Å². The molecular formula is C13H13F3N2O2. The van der Waals surface area contributed by atoms with Crippen LogP contribution in [0.3, 0.4) is 0 Å². The molecule has 7 heteroatoms. The summed E-state index contributed by atoms with van der Waals surface area (Å²) in [6.07, 6.45) is -2.31. The number of hydrogen-bond donors (Lipinski definition) is 1. The number of benzene rings is 1. The van der Waals surface area contributed by atoms with Crippen LogP contribution in [0.25, 0.3) is 0 Å². The van der Waals surface area contributed by atoms with Gasteiger partial charge in [-0.3, -0.25) is 4.68 Å². The maximum atomic E-state index is 12.0. The number of alkyl halides is 3. The van der Waals surface area contributed by atoms with Crippen LogP contribution in [0.4, 0.5) is 13.2 Å². The Morgan fingerprint density at radius 2 is 1.90 bits per heavy atom. The van der Waals surface area contributed by atoms with Gasteiger partial charge in [-0.2, -0.15) is 5.10 Å². The molecule has 1 heterocycles. The van der Waals surface area contributed by atoms with Gasteiger partial charge in [0, 0.05) is 12.4 Å². The molecule has 0 saturated carbocycles. The summed E-state index contributed by atoms with van der Waals surface area (Å²) in [4.78, 5) is 0. The fourth-order valence-electron chi connectivity index (χ4n) is 1.81. The molecule has 1 aromatic carbocycles. The van der Waals surface area contributed by atoms with Gasteiger partial charge in [0.2, 0.25) is 0 Å². The predicted molar refractivity (Wildman–Crippen MR) is 65.0 cm³/mol. The number of nitrogens with zero attached hydrogens (tertiary/aromatic N) is 2. The molecule has 0 amide bonds. The lowest BCUT2D eigenvalue weighted by molar-refractivity contribution is -0.274. The fourth-order valence-corrected chi connectivity index (χ4v) is 1.81. The molecule has 2 aromatic rings. The number of hydrogen-bond acceptors (Lipinski definition) is 3. The number of ether oxygens (including phenoxy) is 1. The van der Waals surface area contributed by atoms with E-state index < -0.39 is 12.5 Å². The SMILES string of the molecule is CC(C(O)c1ccc(OC(F)(F)F)cc1)n1cccn1. The number of aromatic nitrogens is 2. The highest BCUT2D eigenvalue weighted by Gasteiger charge is 2.31. The third kappa shape index (κ3) is 3.51. The zero-order valence-electron chi connectivity index (χ0n) is 10.6. The van der Waals surface area contributed by atoms with Crippen LogP contribution < -0.4 is 4.74 Å². The van der Waals surface area contributed by atoms with Crippen molar-refractivity contribution in [2.45, 2.75) is 25.4 Å². The first-order chi connectivity index (χ1) is 9.37. The molecule has 2 rings (SSSR count). The summed E-state index contributed by atoms with van der Waals surface area (Å²) in [5.74, 6) is -0.319. The number of aliphatic hydroxyl groups excluding tert-OH is 1. The highest BCUT2D eigenvalue weighted by Crippen LogP contribution is 2.28. The average Bonchev–Trinajstić information content (AvgIpc) is 2.90. The molecule has 4 nitrogen and oxygen atoms in total. The molecule has 108 valence electrons. The van der Waals surface area contributed by atoms with E-state index in [2.05, 4.69) is 9.84 Å². The molecular weight excluding hydrogens is 273 g/mol. The summed E-state index contributed by atoms with van der Waals surface area (Å²) in [5, 5.41) is 14.2. The Balaban J connectivity index is 2.09. The van der Waals surface area contributed by atoms with Gasteiger partial charge in [-0.15, -0.1) is 13.2 Å². The first kappa shape index (κ1) is 14.4. The van der Waals surface area contributed by atoms with E-state index in [0.29, 0.717) is 5.56 Å². The third-order valence-corrected chi connectivity index (χ3v) is 2.85. The van der Waals surface area contributed by atoms with Gasteiger partial charge in [0.15, 0.2) is 0 Å². The summed E-state index contributed by atoms with van der Waals surface area (Å²) in [6, 6.07) is 6.52. The van der Waals surface area contributed by atoms with Crippen LogP contribution in [0.2, 0.25) is 0 Å². The van der Waals surface area contributed by atoms with E-state index in [1.165, 1.54) is 24.3 Å². The van der Waals surface area contributed by atoms with E-state index in [1.807, 2.05) is 0 Å². The lowest BCUT2D eigenvalue weighted by atomic mass is 10.0. The number of aliphatic hydroxyl groups is 1. The van der Waals surface area contributed by atoms with E-state index in [9.17, 15) is 18.3 Å². The molecule has 0 fully saturated rings. The smallest absolute Gasteiger partial charge is 0.406 e. The normalized spacial score (nSPS) is 14.8. The van der Waals surface area contributed by atoms with Crippen molar-refractivity contribution in [1.29, 1.82) is 0 Å². The molecule has 0 aliphatic carbocycles. The van der Waals surface area contributed by atoms with Crippen LogP contribution in [-0.2, 0) is 0 Å². The van der Waals surface area contributed by atoms with Crippen LogP contribution >= 0.6 is 0 Å². The van der Waals surface area contributed by atoms with Crippen molar-refractivity contribution in [1.82, 2.24) is 9.78 Å². The third-order valence-electron chi connectivity index (χ3n) is 2.85.